The van der Waals surface area contributed by atoms with Gasteiger partial charge in [-0.3, -0.25) is 14.6 Å². The maximum absolute atomic E-state index is 12.2. The van der Waals surface area contributed by atoms with Crippen LogP contribution in [0.2, 0.25) is 0 Å². The van der Waals surface area contributed by atoms with E-state index in [1.807, 2.05) is 24.3 Å². The molecule has 2 amide bonds. The fourth-order valence-corrected chi connectivity index (χ4v) is 2.60. The number of benzene rings is 1. The standard InChI is InChI=1S/C18H20N4O3/c23-17(20-13-14-4-3-7-19-12-14)18(24)21-15-5-1-2-6-16(15)22-8-10-25-11-9-22/h1-7,12H,8-11,13H2,(H,20,23)(H,21,24). The molecule has 0 bridgehead atoms. The van der Waals surface area contributed by atoms with Crippen LogP contribution in [0.4, 0.5) is 11.4 Å². The van der Waals surface area contributed by atoms with Crippen LogP contribution in [0.15, 0.2) is 48.8 Å². The molecule has 25 heavy (non-hydrogen) atoms. The molecule has 1 fully saturated rings. The summed E-state index contributed by atoms with van der Waals surface area (Å²) in [5.74, 6) is -1.37. The fraction of sp³-hybridized carbons (Fsp3) is 0.278. The number of pyridine rings is 1. The lowest BCUT2D eigenvalue weighted by Gasteiger charge is -2.30. The van der Waals surface area contributed by atoms with Crippen molar-refractivity contribution in [2.45, 2.75) is 6.54 Å². The number of para-hydroxylation sites is 2. The average Bonchev–Trinajstić information content (AvgIpc) is 2.68. The van der Waals surface area contributed by atoms with E-state index in [-0.39, 0.29) is 6.54 Å². The van der Waals surface area contributed by atoms with Crippen LogP contribution in [0, 0.1) is 0 Å². The Morgan fingerprint density at radius 3 is 2.64 bits per heavy atom. The molecule has 2 N–H and O–H groups in total. The van der Waals surface area contributed by atoms with E-state index >= 15 is 0 Å². The molecular formula is C18H20N4O3. The van der Waals surface area contributed by atoms with Crippen molar-refractivity contribution < 1.29 is 14.3 Å². The molecule has 1 aliphatic heterocycles. The molecule has 7 nitrogen and oxygen atoms in total. The molecule has 7 heteroatoms. The van der Waals surface area contributed by atoms with Crippen molar-refractivity contribution in [2.75, 3.05) is 36.5 Å². The molecule has 0 atom stereocenters. The first-order valence-corrected chi connectivity index (χ1v) is 8.14. The molecule has 2 heterocycles. The molecule has 1 aromatic heterocycles. The second-order valence-corrected chi connectivity index (χ2v) is 5.61. The number of hydrogen-bond donors (Lipinski definition) is 2. The number of aromatic nitrogens is 1. The van der Waals surface area contributed by atoms with Crippen LogP contribution in [-0.4, -0.2) is 43.1 Å². The summed E-state index contributed by atoms with van der Waals surface area (Å²) in [6, 6.07) is 11.1. The largest absolute Gasteiger partial charge is 0.378 e. The van der Waals surface area contributed by atoms with E-state index in [0.29, 0.717) is 18.9 Å². The predicted molar refractivity (Wildman–Crippen MR) is 94.2 cm³/mol. The zero-order valence-electron chi connectivity index (χ0n) is 13.8. The van der Waals surface area contributed by atoms with Crippen molar-refractivity contribution in [3.63, 3.8) is 0 Å². The fourth-order valence-electron chi connectivity index (χ4n) is 2.60. The van der Waals surface area contributed by atoms with Gasteiger partial charge in [0.15, 0.2) is 0 Å². The third-order valence-electron chi connectivity index (χ3n) is 3.89. The monoisotopic (exact) mass is 340 g/mol. The maximum atomic E-state index is 12.2. The molecule has 0 unspecified atom stereocenters. The number of hydrogen-bond acceptors (Lipinski definition) is 5. The molecule has 3 rings (SSSR count). The van der Waals surface area contributed by atoms with Crippen molar-refractivity contribution in [3.05, 3.63) is 54.4 Å². The highest BCUT2D eigenvalue weighted by Crippen LogP contribution is 2.26. The first kappa shape index (κ1) is 16.9. The van der Waals surface area contributed by atoms with Crippen molar-refractivity contribution in [2.24, 2.45) is 0 Å². The van der Waals surface area contributed by atoms with Crippen LogP contribution >= 0.6 is 0 Å². The summed E-state index contributed by atoms with van der Waals surface area (Å²) in [6.45, 7) is 3.05. The lowest BCUT2D eigenvalue weighted by Crippen LogP contribution is -2.38. The summed E-state index contributed by atoms with van der Waals surface area (Å²) in [5.41, 5.74) is 2.34. The number of amides is 2. The molecule has 0 saturated carbocycles. The molecule has 0 aliphatic carbocycles. The third-order valence-corrected chi connectivity index (χ3v) is 3.89. The van der Waals surface area contributed by atoms with E-state index in [0.717, 1.165) is 24.3 Å². The zero-order valence-corrected chi connectivity index (χ0v) is 13.8. The van der Waals surface area contributed by atoms with Gasteiger partial charge in [0.1, 0.15) is 0 Å². The summed E-state index contributed by atoms with van der Waals surface area (Å²) in [6.07, 6.45) is 3.30. The molecule has 0 radical (unpaired) electrons. The van der Waals surface area contributed by atoms with Gasteiger partial charge in [0, 0.05) is 32.0 Å². The van der Waals surface area contributed by atoms with Crippen LogP contribution in [-0.2, 0) is 20.9 Å². The second kappa shape index (κ2) is 8.25. The van der Waals surface area contributed by atoms with Gasteiger partial charge in [-0.15, -0.1) is 0 Å². The number of carbonyl (C=O) groups excluding carboxylic acids is 2. The smallest absolute Gasteiger partial charge is 0.313 e. The number of ether oxygens (including phenoxy) is 1. The summed E-state index contributed by atoms with van der Waals surface area (Å²) in [4.78, 5) is 30.3. The van der Waals surface area contributed by atoms with Crippen molar-refractivity contribution in [1.29, 1.82) is 0 Å². The van der Waals surface area contributed by atoms with Gasteiger partial charge in [0.05, 0.1) is 24.6 Å². The van der Waals surface area contributed by atoms with E-state index in [1.165, 1.54) is 0 Å². The third kappa shape index (κ3) is 4.54. The van der Waals surface area contributed by atoms with Gasteiger partial charge in [-0.05, 0) is 23.8 Å². The molecule has 130 valence electrons. The van der Waals surface area contributed by atoms with Crippen molar-refractivity contribution in [1.82, 2.24) is 10.3 Å². The Morgan fingerprint density at radius 2 is 1.88 bits per heavy atom. The Hall–Kier alpha value is -2.93. The van der Waals surface area contributed by atoms with Crippen LogP contribution in [0.25, 0.3) is 0 Å². The summed E-state index contributed by atoms with van der Waals surface area (Å²) < 4.78 is 5.36. The molecular weight excluding hydrogens is 320 g/mol. The number of morpholine rings is 1. The Bertz CT molecular complexity index is 730. The van der Waals surface area contributed by atoms with Gasteiger partial charge in [-0.25, -0.2) is 0 Å². The highest BCUT2D eigenvalue weighted by atomic mass is 16.5. The first-order chi connectivity index (χ1) is 12.2. The highest BCUT2D eigenvalue weighted by Gasteiger charge is 2.18. The highest BCUT2D eigenvalue weighted by molar-refractivity contribution is 6.39. The van der Waals surface area contributed by atoms with Crippen molar-refractivity contribution >= 4 is 23.2 Å². The van der Waals surface area contributed by atoms with Gasteiger partial charge in [-0.1, -0.05) is 18.2 Å². The predicted octanol–water partition coefficient (Wildman–Crippen LogP) is 1.17. The molecule has 1 aromatic carbocycles. The van der Waals surface area contributed by atoms with Gasteiger partial charge < -0.3 is 20.3 Å². The van der Waals surface area contributed by atoms with Crippen LogP contribution in [0.5, 0.6) is 0 Å². The lowest BCUT2D eigenvalue weighted by molar-refractivity contribution is -0.136. The van der Waals surface area contributed by atoms with Gasteiger partial charge >= 0.3 is 11.8 Å². The normalized spacial score (nSPS) is 14.0. The quantitative estimate of drug-likeness (QED) is 0.817. The molecule has 2 aromatic rings. The zero-order chi connectivity index (χ0) is 17.5. The van der Waals surface area contributed by atoms with E-state index in [9.17, 15) is 9.59 Å². The van der Waals surface area contributed by atoms with Crippen LogP contribution < -0.4 is 15.5 Å². The van der Waals surface area contributed by atoms with Gasteiger partial charge in [-0.2, -0.15) is 0 Å². The minimum absolute atomic E-state index is 0.255. The number of nitrogens with one attached hydrogen (secondary N) is 2. The summed E-state index contributed by atoms with van der Waals surface area (Å²) >= 11 is 0. The number of carbonyl (C=O) groups is 2. The SMILES string of the molecule is O=C(NCc1cccnc1)C(=O)Nc1ccccc1N1CCOCC1. The minimum Gasteiger partial charge on any atom is -0.378 e. The Balaban J connectivity index is 1.61. The van der Waals surface area contributed by atoms with Crippen LogP contribution in [0.1, 0.15) is 5.56 Å². The van der Waals surface area contributed by atoms with Gasteiger partial charge in [0.2, 0.25) is 0 Å². The minimum atomic E-state index is -0.690. The van der Waals surface area contributed by atoms with E-state index in [4.69, 9.17) is 4.74 Å². The Morgan fingerprint density at radius 1 is 1.08 bits per heavy atom. The topological polar surface area (TPSA) is 83.6 Å². The molecule has 0 spiro atoms. The Labute approximate surface area is 146 Å². The summed E-state index contributed by atoms with van der Waals surface area (Å²) in [7, 11) is 0. The maximum Gasteiger partial charge on any atom is 0.313 e. The summed E-state index contributed by atoms with van der Waals surface area (Å²) in [5, 5.41) is 5.29. The number of anilines is 2. The Kier molecular flexibility index (Phi) is 5.58. The van der Waals surface area contributed by atoms with E-state index in [2.05, 4.69) is 20.5 Å². The second-order valence-electron chi connectivity index (χ2n) is 5.61. The first-order valence-electron chi connectivity index (χ1n) is 8.14. The molecule has 1 saturated heterocycles. The number of nitrogens with zero attached hydrogens (tertiary/aromatic N) is 2. The van der Waals surface area contributed by atoms with Crippen molar-refractivity contribution in [3.8, 4) is 0 Å². The van der Waals surface area contributed by atoms with E-state index in [1.54, 1.807) is 24.5 Å². The van der Waals surface area contributed by atoms with Crippen LogP contribution in [0.3, 0.4) is 0 Å². The average molecular weight is 340 g/mol. The lowest BCUT2D eigenvalue weighted by atomic mass is 10.2. The van der Waals surface area contributed by atoms with E-state index < -0.39 is 11.8 Å². The van der Waals surface area contributed by atoms with Gasteiger partial charge in [0.25, 0.3) is 0 Å². The number of rotatable bonds is 4. The molecule has 1 aliphatic rings.